The summed E-state index contributed by atoms with van der Waals surface area (Å²) in [6.45, 7) is 3.71. The zero-order chi connectivity index (χ0) is 5.86. The normalized spacial score (nSPS) is 18.9. The molecule has 0 fully saturated rings. The number of aliphatic hydroxyl groups excluding tert-OH is 1. The maximum absolute atomic E-state index is 8.81. The van der Waals surface area contributed by atoms with Gasteiger partial charge in [0.25, 0.3) is 0 Å². The quantitative estimate of drug-likeness (QED) is 0.521. The molecule has 3 N–H and O–H groups in total. The Bertz CT molecular complexity index is 45.3. The van der Waals surface area contributed by atoms with E-state index < -0.39 is 0 Å². The summed E-state index contributed by atoms with van der Waals surface area (Å²) in [5.74, 6) is 0. The van der Waals surface area contributed by atoms with Crippen molar-refractivity contribution in [3.63, 3.8) is 0 Å². The molecule has 2 heteroatoms. The molecular formula is C5H13NO. The number of aliphatic hydroxyl groups is 1. The summed E-state index contributed by atoms with van der Waals surface area (Å²) in [5.41, 5.74) is 5.30. The molecule has 44 valence electrons. The van der Waals surface area contributed by atoms with Gasteiger partial charge in [-0.05, 0) is 13.3 Å². The highest BCUT2D eigenvalue weighted by molar-refractivity contribution is 4.62. The molecule has 0 radical (unpaired) electrons. The van der Waals surface area contributed by atoms with Gasteiger partial charge >= 0.3 is 0 Å². The number of hydrogen-bond acceptors (Lipinski definition) is 2. The van der Waals surface area contributed by atoms with Crippen molar-refractivity contribution in [2.24, 2.45) is 5.73 Å². The Kier molecular flexibility index (Phi) is 2.96. The van der Waals surface area contributed by atoms with E-state index in [0.29, 0.717) is 0 Å². The highest BCUT2D eigenvalue weighted by Gasteiger charge is 2.03. The molecule has 0 spiro atoms. The maximum atomic E-state index is 8.81. The molecule has 0 heterocycles. The minimum atomic E-state index is -0.319. The standard InChI is InChI=1S/C5H13NO/c1-3-5(7)4(2)6/h4-5,7H,3,6H2,1-2H3/t4-,5?/m0/s1. The SMILES string of the molecule is CCC(O)[C@H](C)N. The first-order valence-corrected chi connectivity index (χ1v) is 2.62. The van der Waals surface area contributed by atoms with Crippen LogP contribution in [0.15, 0.2) is 0 Å². The van der Waals surface area contributed by atoms with Crippen molar-refractivity contribution in [3.8, 4) is 0 Å². The number of rotatable bonds is 2. The maximum Gasteiger partial charge on any atom is 0.0685 e. The van der Waals surface area contributed by atoms with Gasteiger partial charge in [-0.1, -0.05) is 6.92 Å². The second-order valence-corrected chi connectivity index (χ2v) is 1.83. The molecule has 2 nitrogen and oxygen atoms in total. The lowest BCUT2D eigenvalue weighted by molar-refractivity contribution is 0.147. The monoisotopic (exact) mass is 103 g/mol. The van der Waals surface area contributed by atoms with Gasteiger partial charge in [-0.15, -0.1) is 0 Å². The summed E-state index contributed by atoms with van der Waals surface area (Å²) in [5, 5.41) is 8.81. The van der Waals surface area contributed by atoms with Crippen LogP contribution in [-0.4, -0.2) is 17.3 Å². The van der Waals surface area contributed by atoms with Crippen LogP contribution in [0.2, 0.25) is 0 Å². The smallest absolute Gasteiger partial charge is 0.0685 e. The molecular weight excluding hydrogens is 90.1 g/mol. The third-order valence-corrected chi connectivity index (χ3v) is 1.03. The van der Waals surface area contributed by atoms with Crippen molar-refractivity contribution >= 4 is 0 Å². The molecule has 2 atom stereocenters. The van der Waals surface area contributed by atoms with Gasteiger partial charge in [-0.2, -0.15) is 0 Å². The molecule has 0 aliphatic rings. The van der Waals surface area contributed by atoms with Gasteiger partial charge in [-0.25, -0.2) is 0 Å². The minimum Gasteiger partial charge on any atom is -0.392 e. The van der Waals surface area contributed by atoms with Crippen molar-refractivity contribution in [2.75, 3.05) is 0 Å². The average Bonchev–Trinajstić information content (AvgIpc) is 1.65. The second-order valence-electron chi connectivity index (χ2n) is 1.83. The molecule has 0 aromatic heterocycles. The molecule has 0 aliphatic heterocycles. The Morgan fingerprint density at radius 1 is 1.71 bits per heavy atom. The van der Waals surface area contributed by atoms with E-state index in [1.807, 2.05) is 6.92 Å². The fourth-order valence-corrected chi connectivity index (χ4v) is 0.372. The molecule has 0 aliphatic carbocycles. The van der Waals surface area contributed by atoms with E-state index in [1.165, 1.54) is 0 Å². The Morgan fingerprint density at radius 2 is 2.14 bits per heavy atom. The number of hydrogen-bond donors (Lipinski definition) is 2. The van der Waals surface area contributed by atoms with Crippen LogP contribution in [0, 0.1) is 0 Å². The van der Waals surface area contributed by atoms with Crippen molar-refractivity contribution < 1.29 is 5.11 Å². The van der Waals surface area contributed by atoms with Crippen LogP contribution in [-0.2, 0) is 0 Å². The average molecular weight is 103 g/mol. The molecule has 0 saturated heterocycles. The van der Waals surface area contributed by atoms with E-state index in [2.05, 4.69) is 0 Å². The third kappa shape index (κ3) is 2.60. The fraction of sp³-hybridized carbons (Fsp3) is 1.00. The van der Waals surface area contributed by atoms with E-state index in [4.69, 9.17) is 10.8 Å². The van der Waals surface area contributed by atoms with Crippen LogP contribution in [0.3, 0.4) is 0 Å². The van der Waals surface area contributed by atoms with Gasteiger partial charge < -0.3 is 10.8 Å². The zero-order valence-electron chi connectivity index (χ0n) is 4.89. The first kappa shape index (κ1) is 6.92. The van der Waals surface area contributed by atoms with Crippen molar-refractivity contribution in [2.45, 2.75) is 32.4 Å². The van der Waals surface area contributed by atoms with Gasteiger partial charge in [0.2, 0.25) is 0 Å². The third-order valence-electron chi connectivity index (χ3n) is 1.03. The summed E-state index contributed by atoms with van der Waals surface area (Å²) in [6, 6.07) is -0.0787. The van der Waals surface area contributed by atoms with Gasteiger partial charge in [0, 0.05) is 6.04 Å². The highest BCUT2D eigenvalue weighted by Crippen LogP contribution is 1.91. The Balaban J connectivity index is 3.14. The Labute approximate surface area is 44.3 Å². The number of nitrogens with two attached hydrogens (primary N) is 1. The molecule has 7 heavy (non-hydrogen) atoms. The van der Waals surface area contributed by atoms with Crippen LogP contribution >= 0.6 is 0 Å². The summed E-state index contributed by atoms with van der Waals surface area (Å²) in [6.07, 6.45) is 0.428. The van der Waals surface area contributed by atoms with E-state index in [0.717, 1.165) is 6.42 Å². The predicted octanol–water partition coefficient (Wildman–Crippen LogP) is 0.104. The van der Waals surface area contributed by atoms with Crippen LogP contribution in [0.5, 0.6) is 0 Å². The predicted molar refractivity (Wildman–Crippen MR) is 29.9 cm³/mol. The van der Waals surface area contributed by atoms with Crippen molar-refractivity contribution in [3.05, 3.63) is 0 Å². The lowest BCUT2D eigenvalue weighted by Crippen LogP contribution is -2.30. The van der Waals surface area contributed by atoms with E-state index in [-0.39, 0.29) is 12.1 Å². The van der Waals surface area contributed by atoms with Gasteiger partial charge in [0.05, 0.1) is 6.10 Å². The first-order valence-electron chi connectivity index (χ1n) is 2.62. The summed E-state index contributed by atoms with van der Waals surface area (Å²) in [4.78, 5) is 0. The summed E-state index contributed by atoms with van der Waals surface area (Å²) < 4.78 is 0. The molecule has 1 unspecified atom stereocenters. The van der Waals surface area contributed by atoms with Crippen molar-refractivity contribution in [1.29, 1.82) is 0 Å². The van der Waals surface area contributed by atoms with E-state index in [1.54, 1.807) is 6.92 Å². The molecule has 0 rings (SSSR count). The largest absolute Gasteiger partial charge is 0.392 e. The van der Waals surface area contributed by atoms with Gasteiger partial charge in [0.15, 0.2) is 0 Å². The van der Waals surface area contributed by atoms with E-state index >= 15 is 0 Å². The lowest BCUT2D eigenvalue weighted by Gasteiger charge is -2.09. The van der Waals surface area contributed by atoms with Crippen molar-refractivity contribution in [1.82, 2.24) is 0 Å². The lowest BCUT2D eigenvalue weighted by atomic mass is 10.1. The van der Waals surface area contributed by atoms with Crippen LogP contribution in [0.4, 0.5) is 0 Å². The second kappa shape index (κ2) is 2.99. The van der Waals surface area contributed by atoms with Crippen LogP contribution in [0.25, 0.3) is 0 Å². The minimum absolute atomic E-state index is 0.0787. The highest BCUT2D eigenvalue weighted by atomic mass is 16.3. The molecule has 0 saturated carbocycles. The topological polar surface area (TPSA) is 46.2 Å². The molecule has 0 aromatic rings. The van der Waals surface area contributed by atoms with Gasteiger partial charge in [-0.3, -0.25) is 0 Å². The molecule has 0 aromatic carbocycles. The molecule has 0 bridgehead atoms. The first-order chi connectivity index (χ1) is 3.18. The van der Waals surface area contributed by atoms with Crippen LogP contribution in [0.1, 0.15) is 20.3 Å². The van der Waals surface area contributed by atoms with E-state index in [9.17, 15) is 0 Å². The fourth-order valence-electron chi connectivity index (χ4n) is 0.372. The Hall–Kier alpha value is -0.0800. The summed E-state index contributed by atoms with van der Waals surface area (Å²) in [7, 11) is 0. The Morgan fingerprint density at radius 3 is 2.14 bits per heavy atom. The zero-order valence-corrected chi connectivity index (χ0v) is 4.89. The summed E-state index contributed by atoms with van der Waals surface area (Å²) >= 11 is 0. The van der Waals surface area contributed by atoms with Gasteiger partial charge in [0.1, 0.15) is 0 Å². The van der Waals surface area contributed by atoms with Crippen LogP contribution < -0.4 is 5.73 Å². The molecule has 0 amide bonds.